The summed E-state index contributed by atoms with van der Waals surface area (Å²) in [6.07, 6.45) is 4.00. The fourth-order valence-corrected chi connectivity index (χ4v) is 1.34. The highest BCUT2D eigenvalue weighted by molar-refractivity contribution is 7.07. The maximum atomic E-state index is 11.3. The zero-order valence-corrected chi connectivity index (χ0v) is 7.30. The van der Waals surface area contributed by atoms with Gasteiger partial charge in [0.1, 0.15) is 4.88 Å². The van der Waals surface area contributed by atoms with Crippen LogP contribution in [0, 0.1) is 5.92 Å². The summed E-state index contributed by atoms with van der Waals surface area (Å²) in [5.41, 5.74) is 0. The number of amides is 1. The van der Waals surface area contributed by atoms with E-state index in [1.807, 2.05) is 0 Å². The molecule has 12 heavy (non-hydrogen) atoms. The number of carbonyl (C=O) groups is 1. The van der Waals surface area contributed by atoms with Crippen molar-refractivity contribution < 1.29 is 4.79 Å². The molecule has 0 bridgehead atoms. The zero-order chi connectivity index (χ0) is 8.39. The first-order valence-corrected chi connectivity index (χ1v) is 4.69. The Kier molecular flexibility index (Phi) is 2.03. The predicted octanol–water partition coefficient (Wildman–Crippen LogP) is 0.678. The second kappa shape index (κ2) is 3.18. The van der Waals surface area contributed by atoms with Crippen LogP contribution in [-0.2, 0) is 0 Å². The van der Waals surface area contributed by atoms with E-state index < -0.39 is 0 Å². The molecule has 1 N–H and O–H groups in total. The molecule has 5 heteroatoms. The normalized spacial score (nSPS) is 16.0. The zero-order valence-electron chi connectivity index (χ0n) is 6.49. The largest absolute Gasteiger partial charge is 0.351 e. The van der Waals surface area contributed by atoms with Gasteiger partial charge >= 0.3 is 0 Å². The minimum absolute atomic E-state index is 0.0445. The second-order valence-electron chi connectivity index (χ2n) is 2.94. The number of hydrogen-bond donors (Lipinski definition) is 1. The SMILES string of the molecule is O=C(NCC1CC1)c1cnns1. The van der Waals surface area contributed by atoms with Crippen LogP contribution in [0.15, 0.2) is 6.20 Å². The number of nitrogens with zero attached hydrogens (tertiary/aromatic N) is 2. The van der Waals surface area contributed by atoms with Crippen molar-refractivity contribution in [2.24, 2.45) is 5.92 Å². The fourth-order valence-electron chi connectivity index (χ4n) is 0.913. The van der Waals surface area contributed by atoms with Gasteiger partial charge in [0.2, 0.25) is 0 Å². The second-order valence-corrected chi connectivity index (χ2v) is 3.72. The lowest BCUT2D eigenvalue weighted by molar-refractivity contribution is 0.0955. The molecule has 0 aliphatic heterocycles. The maximum Gasteiger partial charge on any atom is 0.264 e. The average Bonchev–Trinajstić information content (AvgIpc) is 2.74. The Morgan fingerprint density at radius 2 is 2.58 bits per heavy atom. The number of hydrogen-bond acceptors (Lipinski definition) is 4. The van der Waals surface area contributed by atoms with Gasteiger partial charge in [-0.15, -0.1) is 5.10 Å². The van der Waals surface area contributed by atoms with Gasteiger partial charge in [0.25, 0.3) is 5.91 Å². The Labute approximate surface area is 74.2 Å². The van der Waals surface area contributed by atoms with Crippen LogP contribution in [0.3, 0.4) is 0 Å². The summed E-state index contributed by atoms with van der Waals surface area (Å²) in [6, 6.07) is 0. The summed E-state index contributed by atoms with van der Waals surface area (Å²) < 4.78 is 3.62. The van der Waals surface area contributed by atoms with Crippen LogP contribution in [0.4, 0.5) is 0 Å². The van der Waals surface area contributed by atoms with Gasteiger partial charge in [-0.1, -0.05) is 4.49 Å². The molecule has 1 amide bonds. The van der Waals surface area contributed by atoms with Crippen molar-refractivity contribution in [2.75, 3.05) is 6.54 Å². The molecule has 0 unspecified atom stereocenters. The number of nitrogens with one attached hydrogen (secondary N) is 1. The molecule has 4 nitrogen and oxygen atoms in total. The molecule has 1 aromatic rings. The Bertz CT molecular complexity index is 268. The van der Waals surface area contributed by atoms with Crippen molar-refractivity contribution in [3.8, 4) is 0 Å². The van der Waals surface area contributed by atoms with Crippen molar-refractivity contribution >= 4 is 17.4 Å². The van der Waals surface area contributed by atoms with Crippen LogP contribution in [0.2, 0.25) is 0 Å². The van der Waals surface area contributed by atoms with Crippen LogP contribution < -0.4 is 5.32 Å². The lowest BCUT2D eigenvalue weighted by atomic mass is 10.4. The van der Waals surface area contributed by atoms with Gasteiger partial charge in [0.05, 0.1) is 6.20 Å². The molecule has 1 fully saturated rings. The van der Waals surface area contributed by atoms with Gasteiger partial charge in [-0.05, 0) is 30.3 Å². The van der Waals surface area contributed by atoms with Crippen molar-refractivity contribution in [2.45, 2.75) is 12.8 Å². The Morgan fingerprint density at radius 3 is 3.17 bits per heavy atom. The minimum atomic E-state index is -0.0445. The number of carbonyl (C=O) groups excluding carboxylic acids is 1. The molecule has 64 valence electrons. The van der Waals surface area contributed by atoms with E-state index >= 15 is 0 Å². The quantitative estimate of drug-likeness (QED) is 0.749. The van der Waals surface area contributed by atoms with Gasteiger partial charge < -0.3 is 5.32 Å². The first kappa shape index (κ1) is 7.67. The van der Waals surface area contributed by atoms with Crippen molar-refractivity contribution in [1.82, 2.24) is 14.9 Å². The third-order valence-corrected chi connectivity index (χ3v) is 2.50. The van der Waals surface area contributed by atoms with E-state index in [1.54, 1.807) is 0 Å². The highest BCUT2D eigenvalue weighted by Crippen LogP contribution is 2.27. The van der Waals surface area contributed by atoms with Crippen LogP contribution >= 0.6 is 11.5 Å². The highest BCUT2D eigenvalue weighted by Gasteiger charge is 2.22. The summed E-state index contributed by atoms with van der Waals surface area (Å²) >= 11 is 1.13. The van der Waals surface area contributed by atoms with Gasteiger partial charge in [0, 0.05) is 6.54 Å². The van der Waals surface area contributed by atoms with E-state index in [0.717, 1.165) is 24.0 Å². The lowest BCUT2D eigenvalue weighted by Gasteiger charge is -1.98. The van der Waals surface area contributed by atoms with Crippen LogP contribution in [-0.4, -0.2) is 22.0 Å². The smallest absolute Gasteiger partial charge is 0.264 e. The summed E-state index contributed by atoms with van der Waals surface area (Å²) in [4.78, 5) is 11.9. The van der Waals surface area contributed by atoms with E-state index in [4.69, 9.17) is 0 Å². The van der Waals surface area contributed by atoms with E-state index in [2.05, 4.69) is 14.9 Å². The third kappa shape index (κ3) is 1.79. The fraction of sp³-hybridized carbons (Fsp3) is 0.571. The minimum Gasteiger partial charge on any atom is -0.351 e. The topological polar surface area (TPSA) is 54.9 Å². The van der Waals surface area contributed by atoms with E-state index in [9.17, 15) is 4.79 Å². The van der Waals surface area contributed by atoms with Crippen LogP contribution in [0.5, 0.6) is 0 Å². The molecule has 0 saturated heterocycles. The van der Waals surface area contributed by atoms with E-state index in [1.165, 1.54) is 19.0 Å². The van der Waals surface area contributed by atoms with Crippen LogP contribution in [0.1, 0.15) is 22.5 Å². The molecular formula is C7H9N3OS. The van der Waals surface area contributed by atoms with Crippen molar-refractivity contribution in [3.63, 3.8) is 0 Å². The molecule has 1 heterocycles. The predicted molar refractivity (Wildman–Crippen MR) is 45.0 cm³/mol. The van der Waals surface area contributed by atoms with Gasteiger partial charge in [-0.25, -0.2) is 0 Å². The molecule has 0 aromatic carbocycles. The summed E-state index contributed by atoms with van der Waals surface area (Å²) in [7, 11) is 0. The van der Waals surface area contributed by atoms with Gasteiger partial charge in [-0.3, -0.25) is 4.79 Å². The van der Waals surface area contributed by atoms with Crippen LogP contribution in [0.25, 0.3) is 0 Å². The molecule has 0 radical (unpaired) electrons. The average molecular weight is 183 g/mol. The third-order valence-electron chi connectivity index (χ3n) is 1.83. The number of rotatable bonds is 3. The molecule has 1 aliphatic rings. The summed E-state index contributed by atoms with van der Waals surface area (Å²) in [5.74, 6) is 0.673. The molecule has 0 atom stereocenters. The maximum absolute atomic E-state index is 11.3. The number of aromatic nitrogens is 2. The van der Waals surface area contributed by atoms with Gasteiger partial charge in [-0.2, -0.15) is 0 Å². The lowest BCUT2D eigenvalue weighted by Crippen LogP contribution is -2.24. The highest BCUT2D eigenvalue weighted by atomic mass is 32.1. The Hall–Kier alpha value is -0.970. The summed E-state index contributed by atoms with van der Waals surface area (Å²) in [6.45, 7) is 0.802. The van der Waals surface area contributed by atoms with Crippen molar-refractivity contribution in [1.29, 1.82) is 0 Å². The molecular weight excluding hydrogens is 174 g/mol. The standard InChI is InChI=1S/C7H9N3OS/c11-7(6-4-9-10-12-6)8-3-5-1-2-5/h4-5H,1-3H2,(H,8,11). The monoisotopic (exact) mass is 183 g/mol. The summed E-state index contributed by atoms with van der Waals surface area (Å²) in [5, 5.41) is 6.43. The molecule has 1 aliphatic carbocycles. The van der Waals surface area contributed by atoms with E-state index in [0.29, 0.717) is 4.88 Å². The Morgan fingerprint density at radius 1 is 1.75 bits per heavy atom. The molecule has 0 spiro atoms. The van der Waals surface area contributed by atoms with Crippen molar-refractivity contribution in [3.05, 3.63) is 11.1 Å². The molecule has 1 aromatic heterocycles. The molecule has 2 rings (SSSR count). The first-order chi connectivity index (χ1) is 5.86. The first-order valence-electron chi connectivity index (χ1n) is 3.92. The molecule has 1 saturated carbocycles. The van der Waals surface area contributed by atoms with Gasteiger partial charge in [0.15, 0.2) is 0 Å². The Balaban J connectivity index is 1.83. The van der Waals surface area contributed by atoms with E-state index in [-0.39, 0.29) is 5.91 Å².